The number of piperazine rings is 1. The maximum Gasteiger partial charge on any atom is 0.255 e. The number of ether oxygens (including phenoxy) is 1. The van der Waals surface area contributed by atoms with Crippen LogP contribution in [0, 0.1) is 0 Å². The topological polar surface area (TPSA) is 74.8 Å². The molecular weight excluding hydrogens is 356 g/mol. The zero-order chi connectivity index (χ0) is 20.1. The summed E-state index contributed by atoms with van der Waals surface area (Å²) >= 11 is 0. The van der Waals surface area contributed by atoms with Crippen molar-refractivity contribution >= 4 is 23.3 Å². The molecule has 1 fully saturated rings. The first-order valence-electron chi connectivity index (χ1n) is 9.47. The molecule has 7 nitrogen and oxygen atoms in total. The average molecular weight is 382 g/mol. The predicted molar refractivity (Wildman–Crippen MR) is 109 cm³/mol. The van der Waals surface area contributed by atoms with Crippen LogP contribution in [0.2, 0.25) is 0 Å². The van der Waals surface area contributed by atoms with E-state index in [2.05, 4.69) is 15.2 Å². The molecule has 0 aliphatic carbocycles. The molecule has 1 aromatic carbocycles. The SMILES string of the molecule is CC(=O)N1CCN(c2cc(C(=O)Nc3ccccc3OC(C)C)ccn2)CC1. The lowest BCUT2D eigenvalue weighted by Crippen LogP contribution is -2.48. The smallest absolute Gasteiger partial charge is 0.255 e. The van der Waals surface area contributed by atoms with Crippen molar-refractivity contribution < 1.29 is 14.3 Å². The van der Waals surface area contributed by atoms with E-state index in [0.717, 1.165) is 5.82 Å². The summed E-state index contributed by atoms with van der Waals surface area (Å²) in [6, 6.07) is 10.9. The van der Waals surface area contributed by atoms with Crippen molar-refractivity contribution in [3.8, 4) is 5.75 Å². The van der Waals surface area contributed by atoms with Gasteiger partial charge >= 0.3 is 0 Å². The second kappa shape index (κ2) is 8.73. The van der Waals surface area contributed by atoms with Crippen molar-refractivity contribution in [2.45, 2.75) is 26.9 Å². The minimum Gasteiger partial charge on any atom is -0.489 e. The number of carbonyl (C=O) groups excluding carboxylic acids is 2. The molecule has 2 amide bonds. The van der Waals surface area contributed by atoms with Crippen molar-refractivity contribution in [1.82, 2.24) is 9.88 Å². The Morgan fingerprint density at radius 2 is 1.82 bits per heavy atom. The number of nitrogens with one attached hydrogen (secondary N) is 1. The van der Waals surface area contributed by atoms with E-state index in [1.807, 2.05) is 43.0 Å². The quantitative estimate of drug-likeness (QED) is 0.861. The van der Waals surface area contributed by atoms with Gasteiger partial charge in [0.15, 0.2) is 0 Å². The van der Waals surface area contributed by atoms with Crippen LogP contribution >= 0.6 is 0 Å². The predicted octanol–water partition coefficient (Wildman–Crippen LogP) is 2.79. The molecule has 0 saturated carbocycles. The van der Waals surface area contributed by atoms with Gasteiger partial charge < -0.3 is 19.9 Å². The van der Waals surface area contributed by atoms with E-state index in [-0.39, 0.29) is 17.9 Å². The number of amides is 2. The monoisotopic (exact) mass is 382 g/mol. The zero-order valence-corrected chi connectivity index (χ0v) is 16.5. The van der Waals surface area contributed by atoms with Crippen molar-refractivity contribution in [2.24, 2.45) is 0 Å². The van der Waals surface area contributed by atoms with Gasteiger partial charge in [0.1, 0.15) is 11.6 Å². The van der Waals surface area contributed by atoms with E-state index in [0.29, 0.717) is 43.2 Å². The van der Waals surface area contributed by atoms with Gasteiger partial charge in [0.25, 0.3) is 5.91 Å². The molecule has 1 N–H and O–H groups in total. The van der Waals surface area contributed by atoms with Gasteiger partial charge in [-0.2, -0.15) is 0 Å². The molecule has 0 bridgehead atoms. The number of para-hydroxylation sites is 2. The van der Waals surface area contributed by atoms with Gasteiger partial charge in [0.2, 0.25) is 5.91 Å². The summed E-state index contributed by atoms with van der Waals surface area (Å²) < 4.78 is 5.76. The molecule has 7 heteroatoms. The second-order valence-corrected chi connectivity index (χ2v) is 7.01. The molecule has 0 radical (unpaired) electrons. The summed E-state index contributed by atoms with van der Waals surface area (Å²) in [7, 11) is 0. The molecule has 3 rings (SSSR count). The Morgan fingerprint density at radius 3 is 2.50 bits per heavy atom. The number of hydrogen-bond acceptors (Lipinski definition) is 5. The summed E-state index contributed by atoms with van der Waals surface area (Å²) in [5.74, 6) is 1.25. The van der Waals surface area contributed by atoms with Gasteiger partial charge in [-0.3, -0.25) is 9.59 Å². The summed E-state index contributed by atoms with van der Waals surface area (Å²) in [5, 5.41) is 2.92. The van der Waals surface area contributed by atoms with Gasteiger partial charge in [-0.15, -0.1) is 0 Å². The van der Waals surface area contributed by atoms with Crippen molar-refractivity contribution in [3.63, 3.8) is 0 Å². The van der Waals surface area contributed by atoms with Crippen LogP contribution < -0.4 is 15.0 Å². The standard InChI is InChI=1S/C21H26N4O3/c1-15(2)28-19-7-5-4-6-18(19)23-21(27)17-8-9-22-20(14-17)25-12-10-24(11-13-25)16(3)26/h4-9,14-15H,10-13H2,1-3H3,(H,23,27). The van der Waals surface area contributed by atoms with Crippen molar-refractivity contribution in [2.75, 3.05) is 36.4 Å². The second-order valence-electron chi connectivity index (χ2n) is 7.01. The van der Waals surface area contributed by atoms with Crippen LogP contribution in [0.1, 0.15) is 31.1 Å². The van der Waals surface area contributed by atoms with E-state index in [9.17, 15) is 9.59 Å². The zero-order valence-electron chi connectivity index (χ0n) is 16.5. The van der Waals surface area contributed by atoms with E-state index >= 15 is 0 Å². The molecule has 1 saturated heterocycles. The highest BCUT2D eigenvalue weighted by atomic mass is 16.5. The molecule has 0 spiro atoms. The Balaban J connectivity index is 1.71. The fourth-order valence-corrected chi connectivity index (χ4v) is 3.10. The largest absolute Gasteiger partial charge is 0.489 e. The van der Waals surface area contributed by atoms with Crippen LogP contribution in [0.3, 0.4) is 0 Å². The maximum absolute atomic E-state index is 12.8. The highest BCUT2D eigenvalue weighted by molar-refractivity contribution is 6.05. The van der Waals surface area contributed by atoms with Crippen LogP contribution in [0.15, 0.2) is 42.6 Å². The number of pyridine rings is 1. The molecule has 1 aromatic heterocycles. The lowest BCUT2D eigenvalue weighted by atomic mass is 10.2. The number of benzene rings is 1. The Kier molecular flexibility index (Phi) is 6.13. The Morgan fingerprint density at radius 1 is 1.11 bits per heavy atom. The lowest BCUT2D eigenvalue weighted by Gasteiger charge is -2.35. The van der Waals surface area contributed by atoms with Crippen molar-refractivity contribution in [3.05, 3.63) is 48.2 Å². The molecule has 0 atom stereocenters. The third-order valence-corrected chi connectivity index (χ3v) is 4.55. The van der Waals surface area contributed by atoms with Gasteiger partial charge in [0, 0.05) is 44.9 Å². The van der Waals surface area contributed by atoms with Crippen LogP contribution in [-0.2, 0) is 4.79 Å². The fraction of sp³-hybridized carbons (Fsp3) is 0.381. The number of carbonyl (C=O) groups is 2. The first-order valence-corrected chi connectivity index (χ1v) is 9.47. The molecule has 1 aliphatic heterocycles. The maximum atomic E-state index is 12.8. The normalized spacial score (nSPS) is 14.1. The number of aromatic nitrogens is 1. The van der Waals surface area contributed by atoms with E-state index in [4.69, 9.17) is 4.74 Å². The minimum atomic E-state index is -0.217. The Bertz CT molecular complexity index is 845. The Labute approximate surface area is 165 Å². The van der Waals surface area contributed by atoms with E-state index in [1.165, 1.54) is 0 Å². The van der Waals surface area contributed by atoms with Crippen LogP contribution in [-0.4, -0.2) is 54.0 Å². The molecule has 0 unspecified atom stereocenters. The third-order valence-electron chi connectivity index (χ3n) is 4.55. The summed E-state index contributed by atoms with van der Waals surface area (Å²) in [5.41, 5.74) is 1.16. The van der Waals surface area contributed by atoms with Crippen molar-refractivity contribution in [1.29, 1.82) is 0 Å². The summed E-state index contributed by atoms with van der Waals surface area (Å²) in [6.45, 7) is 8.19. The first kappa shape index (κ1) is 19.7. The van der Waals surface area contributed by atoms with E-state index in [1.54, 1.807) is 25.3 Å². The summed E-state index contributed by atoms with van der Waals surface area (Å²) in [4.78, 5) is 32.5. The van der Waals surface area contributed by atoms with Crippen LogP contribution in [0.4, 0.5) is 11.5 Å². The average Bonchev–Trinajstić information content (AvgIpc) is 2.69. The molecule has 148 valence electrons. The highest BCUT2D eigenvalue weighted by Gasteiger charge is 2.20. The van der Waals surface area contributed by atoms with Gasteiger partial charge in [0.05, 0.1) is 11.8 Å². The number of anilines is 2. The fourth-order valence-electron chi connectivity index (χ4n) is 3.10. The number of nitrogens with zero attached hydrogens (tertiary/aromatic N) is 3. The minimum absolute atomic E-state index is 0.0132. The number of rotatable bonds is 5. The molecule has 2 heterocycles. The highest BCUT2D eigenvalue weighted by Crippen LogP contribution is 2.26. The molecule has 28 heavy (non-hydrogen) atoms. The molecule has 2 aromatic rings. The molecular formula is C21H26N4O3. The summed E-state index contributed by atoms with van der Waals surface area (Å²) in [6.07, 6.45) is 1.65. The molecule has 1 aliphatic rings. The van der Waals surface area contributed by atoms with Gasteiger partial charge in [-0.25, -0.2) is 4.98 Å². The first-order chi connectivity index (χ1) is 13.4. The Hall–Kier alpha value is -3.09. The van der Waals surface area contributed by atoms with E-state index < -0.39 is 0 Å². The van der Waals surface area contributed by atoms with Crippen LogP contribution in [0.5, 0.6) is 5.75 Å². The number of hydrogen-bond donors (Lipinski definition) is 1. The van der Waals surface area contributed by atoms with Crippen LogP contribution in [0.25, 0.3) is 0 Å². The third kappa shape index (κ3) is 4.79. The van der Waals surface area contributed by atoms with Gasteiger partial charge in [-0.1, -0.05) is 12.1 Å². The lowest BCUT2D eigenvalue weighted by molar-refractivity contribution is -0.129. The van der Waals surface area contributed by atoms with Gasteiger partial charge in [-0.05, 0) is 38.1 Å².